The molecule has 2 aromatic heterocycles. The molecule has 0 radical (unpaired) electrons. The highest BCUT2D eigenvalue weighted by Gasteiger charge is 2.11. The number of fused-ring (bicyclic) bond motifs is 2. The molecule has 116 valence electrons. The Labute approximate surface area is 134 Å². The summed E-state index contributed by atoms with van der Waals surface area (Å²) in [4.78, 5) is 0. The second-order valence-electron chi connectivity index (χ2n) is 5.67. The zero-order chi connectivity index (χ0) is 16.0. The molecule has 0 aliphatic heterocycles. The highest BCUT2D eigenvalue weighted by molar-refractivity contribution is 5.90. The fraction of sp³-hybridized carbons (Fsp3) is 0.158. The van der Waals surface area contributed by atoms with E-state index in [9.17, 15) is 5.11 Å². The van der Waals surface area contributed by atoms with Crippen LogP contribution in [0.4, 0.5) is 0 Å². The molecule has 0 fully saturated rings. The monoisotopic (exact) mass is 306 g/mol. The Morgan fingerprint density at radius 2 is 1.87 bits per heavy atom. The molecule has 2 aromatic carbocycles. The molecule has 4 rings (SSSR count). The molecule has 0 aliphatic carbocycles. The molecule has 0 unspecified atom stereocenters. The minimum atomic E-state index is 0.232. The number of hydrogen-bond acceptors (Lipinski definition) is 2. The number of aromatic hydroxyl groups is 1. The standard InChI is InChI=1S/C19H18N2O2/c1-3-23-16-7-5-14-12-21(19(22)17(14)11-16)15-6-4-13-8-9-20(2)18(13)10-15/h4-12,22H,3H2,1-2H3. The van der Waals surface area contributed by atoms with Crippen molar-refractivity contribution >= 4 is 21.7 Å². The Balaban J connectivity index is 1.89. The van der Waals surface area contributed by atoms with E-state index in [2.05, 4.69) is 22.8 Å². The van der Waals surface area contributed by atoms with Crippen LogP contribution in [0.5, 0.6) is 11.6 Å². The first-order valence-corrected chi connectivity index (χ1v) is 7.69. The number of nitrogens with zero attached hydrogens (tertiary/aromatic N) is 2. The fourth-order valence-electron chi connectivity index (χ4n) is 3.03. The Morgan fingerprint density at radius 3 is 2.70 bits per heavy atom. The molecule has 0 saturated heterocycles. The zero-order valence-corrected chi connectivity index (χ0v) is 13.2. The van der Waals surface area contributed by atoms with Gasteiger partial charge in [-0.25, -0.2) is 0 Å². The van der Waals surface area contributed by atoms with Crippen molar-refractivity contribution in [3.63, 3.8) is 0 Å². The van der Waals surface area contributed by atoms with Crippen LogP contribution in [0.25, 0.3) is 27.4 Å². The first-order chi connectivity index (χ1) is 11.2. The van der Waals surface area contributed by atoms with E-state index in [1.807, 2.05) is 55.2 Å². The minimum absolute atomic E-state index is 0.232. The molecule has 0 atom stereocenters. The van der Waals surface area contributed by atoms with Crippen LogP contribution in [0.2, 0.25) is 0 Å². The largest absolute Gasteiger partial charge is 0.494 e. The summed E-state index contributed by atoms with van der Waals surface area (Å²) in [5, 5.41) is 13.6. The maximum Gasteiger partial charge on any atom is 0.203 e. The molecule has 0 spiro atoms. The molecule has 0 aliphatic rings. The highest BCUT2D eigenvalue weighted by atomic mass is 16.5. The lowest BCUT2D eigenvalue weighted by molar-refractivity contribution is 0.340. The maximum atomic E-state index is 10.6. The summed E-state index contributed by atoms with van der Waals surface area (Å²) >= 11 is 0. The van der Waals surface area contributed by atoms with E-state index < -0.39 is 0 Å². The summed E-state index contributed by atoms with van der Waals surface area (Å²) in [5.41, 5.74) is 2.07. The summed E-state index contributed by atoms with van der Waals surface area (Å²) in [6.07, 6.45) is 3.99. The lowest BCUT2D eigenvalue weighted by Gasteiger charge is -2.06. The second-order valence-corrected chi connectivity index (χ2v) is 5.67. The van der Waals surface area contributed by atoms with Gasteiger partial charge in [-0.1, -0.05) is 6.07 Å². The number of aryl methyl sites for hydroxylation is 1. The summed E-state index contributed by atoms with van der Waals surface area (Å²) in [6.45, 7) is 2.56. The van der Waals surface area contributed by atoms with E-state index in [-0.39, 0.29) is 5.88 Å². The first kappa shape index (κ1) is 13.8. The van der Waals surface area contributed by atoms with Gasteiger partial charge in [-0.15, -0.1) is 0 Å². The number of aromatic nitrogens is 2. The SMILES string of the molecule is CCOc1ccc2cn(-c3ccc4ccn(C)c4c3)c(O)c2c1. The molecular weight excluding hydrogens is 288 g/mol. The molecule has 23 heavy (non-hydrogen) atoms. The molecule has 4 nitrogen and oxygen atoms in total. The van der Waals surface area contributed by atoms with E-state index in [4.69, 9.17) is 4.74 Å². The molecule has 0 bridgehead atoms. The van der Waals surface area contributed by atoms with Gasteiger partial charge in [0, 0.05) is 35.7 Å². The average Bonchev–Trinajstić information content (AvgIpc) is 3.09. The van der Waals surface area contributed by atoms with Crippen molar-refractivity contribution in [2.75, 3.05) is 6.61 Å². The van der Waals surface area contributed by atoms with Crippen molar-refractivity contribution in [3.8, 4) is 17.3 Å². The van der Waals surface area contributed by atoms with Crippen LogP contribution in [0.3, 0.4) is 0 Å². The number of hydrogen-bond donors (Lipinski definition) is 1. The van der Waals surface area contributed by atoms with E-state index in [1.54, 1.807) is 0 Å². The Bertz CT molecular complexity index is 1010. The van der Waals surface area contributed by atoms with Crippen LogP contribution < -0.4 is 4.74 Å². The smallest absolute Gasteiger partial charge is 0.203 e. The Morgan fingerprint density at radius 1 is 1.04 bits per heavy atom. The van der Waals surface area contributed by atoms with Crippen molar-refractivity contribution in [1.29, 1.82) is 0 Å². The van der Waals surface area contributed by atoms with Gasteiger partial charge in [0.05, 0.1) is 12.3 Å². The van der Waals surface area contributed by atoms with Crippen LogP contribution in [0.1, 0.15) is 6.92 Å². The molecular formula is C19H18N2O2. The third-order valence-corrected chi connectivity index (χ3v) is 4.22. The normalized spacial score (nSPS) is 11.4. The van der Waals surface area contributed by atoms with Crippen molar-refractivity contribution in [2.45, 2.75) is 6.92 Å². The summed E-state index contributed by atoms with van der Waals surface area (Å²) in [6, 6.07) is 14.0. The van der Waals surface area contributed by atoms with Crippen molar-refractivity contribution in [2.24, 2.45) is 7.05 Å². The predicted molar refractivity (Wildman–Crippen MR) is 92.6 cm³/mol. The van der Waals surface area contributed by atoms with Gasteiger partial charge in [-0.3, -0.25) is 4.57 Å². The second kappa shape index (κ2) is 5.09. The van der Waals surface area contributed by atoms with E-state index >= 15 is 0 Å². The summed E-state index contributed by atoms with van der Waals surface area (Å²) in [5.74, 6) is 1.00. The van der Waals surface area contributed by atoms with Crippen LogP contribution in [0, 0.1) is 0 Å². The number of rotatable bonds is 3. The van der Waals surface area contributed by atoms with Gasteiger partial charge in [-0.05, 0) is 48.7 Å². The third-order valence-electron chi connectivity index (χ3n) is 4.22. The van der Waals surface area contributed by atoms with Gasteiger partial charge < -0.3 is 14.4 Å². The van der Waals surface area contributed by atoms with Gasteiger partial charge in [0.1, 0.15) is 5.75 Å². The van der Waals surface area contributed by atoms with Crippen LogP contribution in [-0.2, 0) is 7.05 Å². The summed E-state index contributed by atoms with van der Waals surface area (Å²) < 4.78 is 9.41. The summed E-state index contributed by atoms with van der Waals surface area (Å²) in [7, 11) is 2.02. The van der Waals surface area contributed by atoms with Crippen molar-refractivity contribution in [3.05, 3.63) is 54.9 Å². The van der Waals surface area contributed by atoms with Gasteiger partial charge in [0.25, 0.3) is 0 Å². The molecule has 4 aromatic rings. The van der Waals surface area contributed by atoms with Crippen LogP contribution >= 0.6 is 0 Å². The molecule has 0 saturated carbocycles. The fourth-order valence-corrected chi connectivity index (χ4v) is 3.03. The van der Waals surface area contributed by atoms with E-state index in [1.165, 1.54) is 5.39 Å². The van der Waals surface area contributed by atoms with Gasteiger partial charge >= 0.3 is 0 Å². The van der Waals surface area contributed by atoms with Crippen molar-refractivity contribution < 1.29 is 9.84 Å². The Hall–Kier alpha value is -2.88. The topological polar surface area (TPSA) is 39.3 Å². The van der Waals surface area contributed by atoms with E-state index in [0.29, 0.717) is 6.61 Å². The quantitative estimate of drug-likeness (QED) is 0.615. The third kappa shape index (κ3) is 2.14. The number of benzene rings is 2. The van der Waals surface area contributed by atoms with Crippen LogP contribution in [0.15, 0.2) is 54.9 Å². The molecule has 0 amide bonds. The molecule has 2 heterocycles. The van der Waals surface area contributed by atoms with E-state index in [0.717, 1.165) is 27.7 Å². The van der Waals surface area contributed by atoms with Crippen molar-refractivity contribution in [1.82, 2.24) is 9.13 Å². The average molecular weight is 306 g/mol. The highest BCUT2D eigenvalue weighted by Crippen LogP contribution is 2.33. The Kier molecular flexibility index (Phi) is 3.05. The zero-order valence-electron chi connectivity index (χ0n) is 13.2. The van der Waals surface area contributed by atoms with Gasteiger partial charge in [-0.2, -0.15) is 0 Å². The lowest BCUT2D eigenvalue weighted by Crippen LogP contribution is -1.92. The lowest BCUT2D eigenvalue weighted by atomic mass is 10.2. The van der Waals surface area contributed by atoms with Gasteiger partial charge in [0.15, 0.2) is 0 Å². The number of ether oxygens (including phenoxy) is 1. The van der Waals surface area contributed by atoms with Gasteiger partial charge in [0.2, 0.25) is 5.88 Å². The first-order valence-electron chi connectivity index (χ1n) is 7.69. The maximum absolute atomic E-state index is 10.6. The minimum Gasteiger partial charge on any atom is -0.494 e. The molecule has 1 N–H and O–H groups in total. The predicted octanol–water partition coefficient (Wildman–Crippen LogP) is 4.23. The van der Waals surface area contributed by atoms with Crippen LogP contribution in [-0.4, -0.2) is 20.8 Å². The molecule has 4 heteroatoms.